The molecule has 0 saturated heterocycles. The van der Waals surface area contributed by atoms with Crippen LogP contribution in [0, 0.1) is 0 Å². The third-order valence-corrected chi connectivity index (χ3v) is 2.45. The predicted molar refractivity (Wildman–Crippen MR) is 67.5 cm³/mol. The Kier molecular flexibility index (Phi) is 4.29. The average molecular weight is 254 g/mol. The van der Waals surface area contributed by atoms with Crippen LogP contribution in [0.25, 0.3) is 6.08 Å². The minimum atomic E-state index is -1.48. The Morgan fingerprint density at radius 1 is 1.35 bits per heavy atom. The van der Waals surface area contributed by atoms with Gasteiger partial charge in [-0.25, -0.2) is 4.79 Å². The fraction of sp³-hybridized carbons (Fsp3) is 0.167. The van der Waals surface area contributed by atoms with Gasteiger partial charge in [-0.1, -0.05) is 17.7 Å². The van der Waals surface area contributed by atoms with Crippen LogP contribution >= 0.6 is 11.6 Å². The number of carboxylic acids is 1. The van der Waals surface area contributed by atoms with Gasteiger partial charge in [0.25, 0.3) is 5.78 Å². The van der Waals surface area contributed by atoms with Crippen LogP contribution in [-0.4, -0.2) is 31.0 Å². The SMILES string of the molecule is CN(C)c1ccc(/C=C/C(=O)C(=O)O)c(Cl)c1. The van der Waals surface area contributed by atoms with Gasteiger partial charge in [0, 0.05) is 24.8 Å². The largest absolute Gasteiger partial charge is 0.475 e. The Balaban J connectivity index is 2.94. The molecule has 0 aliphatic heterocycles. The molecule has 0 radical (unpaired) electrons. The van der Waals surface area contributed by atoms with Gasteiger partial charge in [-0.05, 0) is 29.8 Å². The zero-order chi connectivity index (χ0) is 13.0. The van der Waals surface area contributed by atoms with Crippen LogP contribution in [0.4, 0.5) is 5.69 Å². The molecule has 1 aromatic rings. The number of benzene rings is 1. The van der Waals surface area contributed by atoms with Gasteiger partial charge in [0.1, 0.15) is 0 Å². The lowest BCUT2D eigenvalue weighted by molar-refractivity contribution is -0.146. The summed E-state index contributed by atoms with van der Waals surface area (Å²) >= 11 is 6.00. The van der Waals surface area contributed by atoms with Gasteiger partial charge in [-0.3, -0.25) is 4.79 Å². The molecule has 0 amide bonds. The van der Waals surface area contributed by atoms with E-state index in [2.05, 4.69) is 0 Å². The lowest BCUT2D eigenvalue weighted by atomic mass is 10.1. The Labute approximate surface area is 104 Å². The Hall–Kier alpha value is -1.81. The van der Waals surface area contributed by atoms with E-state index in [0.717, 1.165) is 11.8 Å². The number of aliphatic carboxylic acids is 1. The van der Waals surface area contributed by atoms with Crippen molar-refractivity contribution >= 4 is 35.1 Å². The van der Waals surface area contributed by atoms with E-state index < -0.39 is 11.8 Å². The molecule has 0 spiro atoms. The summed E-state index contributed by atoms with van der Waals surface area (Å²) in [5, 5.41) is 8.87. The molecule has 1 N–H and O–H groups in total. The molecular weight excluding hydrogens is 242 g/mol. The Morgan fingerprint density at radius 2 is 2.00 bits per heavy atom. The molecular formula is C12H12ClNO3. The number of halogens is 1. The van der Waals surface area contributed by atoms with Crippen LogP contribution in [-0.2, 0) is 9.59 Å². The van der Waals surface area contributed by atoms with E-state index in [1.54, 1.807) is 12.1 Å². The smallest absolute Gasteiger partial charge is 0.376 e. The van der Waals surface area contributed by atoms with Gasteiger partial charge in [0.15, 0.2) is 0 Å². The normalized spacial score (nSPS) is 10.5. The molecule has 17 heavy (non-hydrogen) atoms. The standard InChI is InChI=1S/C12H12ClNO3/c1-14(2)9-5-3-8(10(13)7-9)4-6-11(15)12(16)17/h3-7H,1-2H3,(H,16,17)/b6-4+. The zero-order valence-electron chi connectivity index (χ0n) is 9.48. The van der Waals surface area contributed by atoms with Crippen LogP contribution in [0.1, 0.15) is 5.56 Å². The topological polar surface area (TPSA) is 57.6 Å². The Morgan fingerprint density at radius 3 is 2.47 bits per heavy atom. The van der Waals surface area contributed by atoms with Crippen molar-refractivity contribution in [1.82, 2.24) is 0 Å². The molecule has 0 bridgehead atoms. The third kappa shape index (κ3) is 3.60. The molecule has 0 unspecified atom stereocenters. The first-order valence-electron chi connectivity index (χ1n) is 4.84. The van der Waals surface area contributed by atoms with Gasteiger partial charge >= 0.3 is 5.97 Å². The second-order valence-electron chi connectivity index (χ2n) is 3.60. The number of carboxylic acid groups (broad SMARTS) is 1. The van der Waals surface area contributed by atoms with Crippen molar-refractivity contribution in [2.45, 2.75) is 0 Å². The first-order chi connectivity index (χ1) is 7.91. The highest BCUT2D eigenvalue weighted by molar-refractivity contribution is 6.38. The first kappa shape index (κ1) is 13.3. The summed E-state index contributed by atoms with van der Waals surface area (Å²) < 4.78 is 0. The van der Waals surface area contributed by atoms with Gasteiger partial charge in [-0.2, -0.15) is 0 Å². The zero-order valence-corrected chi connectivity index (χ0v) is 10.2. The summed E-state index contributed by atoms with van der Waals surface area (Å²) in [7, 11) is 3.77. The number of hydrogen-bond donors (Lipinski definition) is 1. The number of carbonyl (C=O) groups is 2. The number of carbonyl (C=O) groups excluding carboxylic acids is 1. The van der Waals surface area contributed by atoms with E-state index in [-0.39, 0.29) is 0 Å². The van der Waals surface area contributed by atoms with Crippen LogP contribution in [0.15, 0.2) is 24.3 Å². The van der Waals surface area contributed by atoms with Gasteiger partial charge in [0.05, 0.1) is 0 Å². The van der Waals surface area contributed by atoms with Crippen LogP contribution in [0.2, 0.25) is 5.02 Å². The molecule has 0 fully saturated rings. The molecule has 0 aliphatic carbocycles. The van der Waals surface area contributed by atoms with Gasteiger partial charge in [0.2, 0.25) is 0 Å². The third-order valence-electron chi connectivity index (χ3n) is 2.13. The van der Waals surface area contributed by atoms with Crippen molar-refractivity contribution in [3.05, 3.63) is 34.9 Å². The second-order valence-corrected chi connectivity index (χ2v) is 4.01. The summed E-state index contributed by atoms with van der Waals surface area (Å²) in [6.07, 6.45) is 2.37. The highest BCUT2D eigenvalue weighted by Crippen LogP contribution is 2.23. The number of rotatable bonds is 4. The number of anilines is 1. The quantitative estimate of drug-likeness (QED) is 0.659. The van der Waals surface area contributed by atoms with E-state index in [1.165, 1.54) is 6.08 Å². The maximum absolute atomic E-state index is 10.9. The van der Waals surface area contributed by atoms with Gasteiger partial charge in [-0.15, -0.1) is 0 Å². The van der Waals surface area contributed by atoms with Gasteiger partial charge < -0.3 is 10.0 Å². The van der Waals surface area contributed by atoms with Crippen LogP contribution in [0.3, 0.4) is 0 Å². The summed E-state index contributed by atoms with van der Waals surface area (Å²) in [4.78, 5) is 23.1. The lowest BCUT2D eigenvalue weighted by Gasteiger charge is -2.13. The summed E-state index contributed by atoms with van der Waals surface area (Å²) in [5.41, 5.74) is 1.53. The fourth-order valence-corrected chi connectivity index (χ4v) is 1.40. The van der Waals surface area contributed by atoms with Crippen molar-refractivity contribution in [2.75, 3.05) is 19.0 Å². The molecule has 0 saturated carbocycles. The number of hydrogen-bond acceptors (Lipinski definition) is 3. The summed E-state index contributed by atoms with van der Waals surface area (Å²) in [6.45, 7) is 0. The molecule has 0 aliphatic rings. The number of ketones is 1. The molecule has 90 valence electrons. The highest BCUT2D eigenvalue weighted by atomic mass is 35.5. The fourth-order valence-electron chi connectivity index (χ4n) is 1.17. The molecule has 5 heteroatoms. The second kappa shape index (κ2) is 5.50. The maximum atomic E-state index is 10.9. The van der Waals surface area contributed by atoms with E-state index in [9.17, 15) is 9.59 Å². The molecule has 0 heterocycles. The molecule has 1 aromatic carbocycles. The summed E-state index contributed by atoms with van der Waals surface area (Å²) in [5.74, 6) is -2.46. The minimum Gasteiger partial charge on any atom is -0.475 e. The first-order valence-corrected chi connectivity index (χ1v) is 5.22. The summed E-state index contributed by atoms with van der Waals surface area (Å²) in [6, 6.07) is 5.30. The van der Waals surface area contributed by atoms with Crippen molar-refractivity contribution in [3.63, 3.8) is 0 Å². The molecule has 4 nitrogen and oxygen atoms in total. The predicted octanol–water partition coefficient (Wildman–Crippen LogP) is 2.07. The average Bonchev–Trinajstić information content (AvgIpc) is 2.26. The van der Waals surface area contributed by atoms with Crippen molar-refractivity contribution in [3.8, 4) is 0 Å². The lowest BCUT2D eigenvalue weighted by Crippen LogP contribution is -2.09. The van der Waals surface area contributed by atoms with Crippen LogP contribution in [0.5, 0.6) is 0 Å². The van der Waals surface area contributed by atoms with E-state index in [1.807, 2.05) is 25.1 Å². The number of nitrogens with zero attached hydrogens (tertiary/aromatic N) is 1. The van der Waals surface area contributed by atoms with E-state index in [4.69, 9.17) is 16.7 Å². The van der Waals surface area contributed by atoms with Crippen molar-refractivity contribution < 1.29 is 14.7 Å². The Bertz CT molecular complexity index is 481. The van der Waals surface area contributed by atoms with Crippen molar-refractivity contribution in [2.24, 2.45) is 0 Å². The maximum Gasteiger partial charge on any atom is 0.376 e. The molecule has 0 aromatic heterocycles. The molecule has 1 rings (SSSR count). The van der Waals surface area contributed by atoms with E-state index in [0.29, 0.717) is 10.6 Å². The monoisotopic (exact) mass is 253 g/mol. The van der Waals surface area contributed by atoms with Crippen molar-refractivity contribution in [1.29, 1.82) is 0 Å². The van der Waals surface area contributed by atoms with E-state index >= 15 is 0 Å². The highest BCUT2D eigenvalue weighted by Gasteiger charge is 2.06. The van der Waals surface area contributed by atoms with Crippen LogP contribution < -0.4 is 4.90 Å². The minimum absolute atomic E-state index is 0.464. The molecule has 0 atom stereocenters.